The van der Waals surface area contributed by atoms with Crippen LogP contribution in [0.1, 0.15) is 5.69 Å². The van der Waals surface area contributed by atoms with E-state index >= 15 is 0 Å². The minimum absolute atomic E-state index is 0.384. The molecule has 1 aromatic heterocycles. The number of hydrogen-bond acceptors (Lipinski definition) is 4. The van der Waals surface area contributed by atoms with Crippen molar-refractivity contribution in [1.29, 1.82) is 0 Å². The monoisotopic (exact) mass is 180 g/mol. The zero-order valence-corrected chi connectivity index (χ0v) is 7.10. The molecule has 1 heterocycles. The molecule has 1 atom stereocenters. The highest BCUT2D eigenvalue weighted by molar-refractivity contribution is 5.81. The summed E-state index contributed by atoms with van der Waals surface area (Å²) in [5, 5.41) is 0. The summed E-state index contributed by atoms with van der Waals surface area (Å²) in [7, 11) is 0. The standard InChI is InChI=1S/C8H12N4O/c9-7(8(13)12-10)5-6-3-1-2-4-11-6/h1-4,7H,5,9-10H2,(H,12,13). The Morgan fingerprint density at radius 2 is 2.38 bits per heavy atom. The van der Waals surface area contributed by atoms with E-state index in [1.54, 1.807) is 12.3 Å². The van der Waals surface area contributed by atoms with E-state index in [2.05, 4.69) is 4.98 Å². The molecular weight excluding hydrogens is 168 g/mol. The maximum atomic E-state index is 10.9. The lowest BCUT2D eigenvalue weighted by molar-refractivity contribution is -0.122. The molecule has 1 rings (SSSR count). The summed E-state index contributed by atoms with van der Waals surface area (Å²) < 4.78 is 0. The van der Waals surface area contributed by atoms with E-state index in [0.717, 1.165) is 5.69 Å². The number of nitrogens with one attached hydrogen (secondary N) is 1. The number of carbonyl (C=O) groups is 1. The van der Waals surface area contributed by atoms with Gasteiger partial charge in [-0.05, 0) is 12.1 Å². The molecular formula is C8H12N4O. The van der Waals surface area contributed by atoms with Crippen LogP contribution in [0.5, 0.6) is 0 Å². The van der Waals surface area contributed by atoms with E-state index in [4.69, 9.17) is 11.6 Å². The average Bonchev–Trinajstić information content (AvgIpc) is 2.18. The van der Waals surface area contributed by atoms with Crippen LogP contribution in [-0.4, -0.2) is 16.9 Å². The molecule has 13 heavy (non-hydrogen) atoms. The highest BCUT2D eigenvalue weighted by Gasteiger charge is 2.12. The topological polar surface area (TPSA) is 94.0 Å². The van der Waals surface area contributed by atoms with Crippen molar-refractivity contribution in [3.8, 4) is 0 Å². The van der Waals surface area contributed by atoms with Crippen LogP contribution in [0.2, 0.25) is 0 Å². The number of aromatic nitrogens is 1. The highest BCUT2D eigenvalue weighted by atomic mass is 16.2. The van der Waals surface area contributed by atoms with E-state index < -0.39 is 6.04 Å². The summed E-state index contributed by atoms with van der Waals surface area (Å²) in [5.41, 5.74) is 8.30. The molecule has 0 spiro atoms. The fourth-order valence-corrected chi connectivity index (χ4v) is 0.944. The fraction of sp³-hybridized carbons (Fsp3) is 0.250. The summed E-state index contributed by atoms with van der Waals surface area (Å²) in [5.74, 6) is 4.54. The minimum atomic E-state index is -0.639. The summed E-state index contributed by atoms with van der Waals surface area (Å²) in [4.78, 5) is 15.0. The van der Waals surface area contributed by atoms with Gasteiger partial charge in [-0.2, -0.15) is 0 Å². The quantitative estimate of drug-likeness (QED) is 0.314. The lowest BCUT2D eigenvalue weighted by Crippen LogP contribution is -2.45. The summed E-state index contributed by atoms with van der Waals surface area (Å²) in [6, 6.07) is 4.82. The van der Waals surface area contributed by atoms with Crippen molar-refractivity contribution < 1.29 is 4.79 Å². The molecule has 0 aromatic carbocycles. The van der Waals surface area contributed by atoms with Crippen LogP contribution >= 0.6 is 0 Å². The molecule has 1 unspecified atom stereocenters. The first-order valence-corrected chi connectivity index (χ1v) is 3.90. The van der Waals surface area contributed by atoms with Crippen LogP contribution in [0.4, 0.5) is 0 Å². The first-order valence-electron chi connectivity index (χ1n) is 3.90. The number of hydrogen-bond donors (Lipinski definition) is 3. The number of pyridine rings is 1. The molecule has 0 aliphatic rings. The molecule has 5 heteroatoms. The Morgan fingerprint density at radius 1 is 1.62 bits per heavy atom. The lowest BCUT2D eigenvalue weighted by atomic mass is 10.1. The molecule has 0 radical (unpaired) electrons. The third kappa shape index (κ3) is 2.81. The van der Waals surface area contributed by atoms with Gasteiger partial charge < -0.3 is 5.73 Å². The van der Waals surface area contributed by atoms with E-state index in [-0.39, 0.29) is 5.91 Å². The Morgan fingerprint density at radius 3 is 2.92 bits per heavy atom. The SMILES string of the molecule is NNC(=O)C(N)Cc1ccccn1. The van der Waals surface area contributed by atoms with Crippen molar-refractivity contribution in [3.05, 3.63) is 30.1 Å². The van der Waals surface area contributed by atoms with Gasteiger partial charge in [0.15, 0.2) is 0 Å². The van der Waals surface area contributed by atoms with E-state index in [9.17, 15) is 4.79 Å². The van der Waals surface area contributed by atoms with Gasteiger partial charge in [0.2, 0.25) is 0 Å². The summed E-state index contributed by atoms with van der Waals surface area (Å²) >= 11 is 0. The van der Waals surface area contributed by atoms with Crippen molar-refractivity contribution in [1.82, 2.24) is 10.4 Å². The molecule has 5 nitrogen and oxygen atoms in total. The van der Waals surface area contributed by atoms with Gasteiger partial charge in [-0.3, -0.25) is 15.2 Å². The molecule has 0 saturated carbocycles. The Balaban J connectivity index is 2.55. The second-order valence-corrected chi connectivity index (χ2v) is 2.64. The first-order chi connectivity index (χ1) is 6.24. The number of amides is 1. The predicted octanol–water partition coefficient (Wildman–Crippen LogP) is -1.06. The maximum absolute atomic E-state index is 10.9. The van der Waals surface area contributed by atoms with E-state index in [1.807, 2.05) is 17.6 Å². The van der Waals surface area contributed by atoms with Crippen molar-refractivity contribution in [3.63, 3.8) is 0 Å². The molecule has 70 valence electrons. The molecule has 0 aliphatic heterocycles. The highest BCUT2D eigenvalue weighted by Crippen LogP contribution is 1.97. The number of rotatable bonds is 3. The average molecular weight is 180 g/mol. The second-order valence-electron chi connectivity index (χ2n) is 2.64. The van der Waals surface area contributed by atoms with Crippen LogP contribution in [0.3, 0.4) is 0 Å². The van der Waals surface area contributed by atoms with Gasteiger partial charge in [0.05, 0.1) is 6.04 Å². The number of hydrazine groups is 1. The lowest BCUT2D eigenvalue weighted by Gasteiger charge is -2.08. The Kier molecular flexibility index (Phi) is 3.36. The molecule has 5 N–H and O–H groups in total. The van der Waals surface area contributed by atoms with Gasteiger partial charge in [-0.15, -0.1) is 0 Å². The Hall–Kier alpha value is -1.46. The molecule has 0 fully saturated rings. The minimum Gasteiger partial charge on any atom is -0.320 e. The van der Waals surface area contributed by atoms with Gasteiger partial charge in [0.1, 0.15) is 0 Å². The normalized spacial score (nSPS) is 12.2. The fourth-order valence-electron chi connectivity index (χ4n) is 0.944. The predicted molar refractivity (Wildman–Crippen MR) is 48.2 cm³/mol. The van der Waals surface area contributed by atoms with E-state index in [0.29, 0.717) is 6.42 Å². The van der Waals surface area contributed by atoms with E-state index in [1.165, 1.54) is 0 Å². The van der Waals surface area contributed by atoms with Crippen LogP contribution in [0, 0.1) is 0 Å². The summed E-state index contributed by atoms with van der Waals surface area (Å²) in [6.45, 7) is 0. The Labute approximate surface area is 76.1 Å². The van der Waals surface area contributed by atoms with Gasteiger partial charge in [0.25, 0.3) is 5.91 Å². The zero-order valence-electron chi connectivity index (χ0n) is 7.10. The zero-order chi connectivity index (χ0) is 9.68. The molecule has 0 aliphatic carbocycles. The number of carbonyl (C=O) groups excluding carboxylic acids is 1. The molecule has 0 bridgehead atoms. The van der Waals surface area contributed by atoms with Crippen LogP contribution < -0.4 is 17.0 Å². The molecule has 0 saturated heterocycles. The summed E-state index contributed by atoms with van der Waals surface area (Å²) in [6.07, 6.45) is 2.05. The van der Waals surface area contributed by atoms with Crippen molar-refractivity contribution in [2.45, 2.75) is 12.5 Å². The van der Waals surface area contributed by atoms with Gasteiger partial charge >= 0.3 is 0 Å². The first kappa shape index (κ1) is 9.63. The third-order valence-corrected chi connectivity index (χ3v) is 1.63. The van der Waals surface area contributed by atoms with Crippen LogP contribution in [0.25, 0.3) is 0 Å². The third-order valence-electron chi connectivity index (χ3n) is 1.63. The van der Waals surface area contributed by atoms with Gasteiger partial charge in [-0.1, -0.05) is 6.07 Å². The second kappa shape index (κ2) is 4.54. The van der Waals surface area contributed by atoms with Crippen molar-refractivity contribution in [2.24, 2.45) is 11.6 Å². The van der Waals surface area contributed by atoms with Gasteiger partial charge in [-0.25, -0.2) is 5.84 Å². The van der Waals surface area contributed by atoms with Crippen LogP contribution in [0.15, 0.2) is 24.4 Å². The Bertz CT molecular complexity index is 275. The van der Waals surface area contributed by atoms with Crippen molar-refractivity contribution >= 4 is 5.91 Å². The molecule has 1 amide bonds. The smallest absolute Gasteiger partial charge is 0.251 e. The van der Waals surface area contributed by atoms with Crippen LogP contribution in [-0.2, 0) is 11.2 Å². The molecule has 1 aromatic rings. The van der Waals surface area contributed by atoms with Gasteiger partial charge in [0, 0.05) is 18.3 Å². The largest absolute Gasteiger partial charge is 0.320 e. The number of nitrogens with zero attached hydrogens (tertiary/aromatic N) is 1. The number of nitrogens with two attached hydrogens (primary N) is 2. The van der Waals surface area contributed by atoms with Crippen molar-refractivity contribution in [2.75, 3.05) is 0 Å². The maximum Gasteiger partial charge on any atom is 0.251 e.